The average Bonchev–Trinajstić information content (AvgIpc) is 3.03. The van der Waals surface area contributed by atoms with Crippen LogP contribution in [0.4, 0.5) is 4.79 Å². The number of aromatic nitrogens is 2. The number of hydrogen-bond acceptors (Lipinski definition) is 5. The zero-order valence-corrected chi connectivity index (χ0v) is 15.0. The Bertz CT molecular complexity index is 741. The summed E-state index contributed by atoms with van der Waals surface area (Å²) < 4.78 is 4.98. The van der Waals surface area contributed by atoms with Crippen LogP contribution in [-0.4, -0.2) is 39.7 Å². The third kappa shape index (κ3) is 4.36. The summed E-state index contributed by atoms with van der Waals surface area (Å²) in [4.78, 5) is 18.5. The van der Waals surface area contributed by atoms with E-state index in [2.05, 4.69) is 63.8 Å². The number of benzene rings is 1. The van der Waals surface area contributed by atoms with E-state index in [4.69, 9.17) is 4.52 Å². The second-order valence-electron chi connectivity index (χ2n) is 7.02. The summed E-state index contributed by atoms with van der Waals surface area (Å²) in [6.07, 6.45) is 1.04. The lowest BCUT2D eigenvalue weighted by Gasteiger charge is -2.41. The molecule has 0 fully saturated rings. The molecule has 7 nitrogen and oxygen atoms in total. The Morgan fingerprint density at radius 1 is 1.28 bits per heavy atom. The number of carbonyl (C=O) groups is 1. The summed E-state index contributed by atoms with van der Waals surface area (Å²) >= 11 is 0. The number of rotatable bonds is 5. The standard InChI is InChI=1S/C18H25N5O2/c1-13-21-16(25-22-13)10-19-17(24)20-12-18(2,3)23-9-8-14-6-4-5-7-15(14)11-23/h4-7H,8-12H2,1-3H3,(H2,19,20,24). The van der Waals surface area contributed by atoms with E-state index in [0.29, 0.717) is 18.3 Å². The summed E-state index contributed by atoms with van der Waals surface area (Å²) in [5.74, 6) is 0.961. The van der Waals surface area contributed by atoms with Crippen molar-refractivity contribution in [1.29, 1.82) is 0 Å². The van der Waals surface area contributed by atoms with Crippen molar-refractivity contribution < 1.29 is 9.32 Å². The number of fused-ring (bicyclic) bond motifs is 1. The van der Waals surface area contributed by atoms with E-state index in [0.717, 1.165) is 19.5 Å². The third-order valence-electron chi connectivity index (χ3n) is 4.64. The van der Waals surface area contributed by atoms with Gasteiger partial charge in [-0.3, -0.25) is 4.90 Å². The summed E-state index contributed by atoms with van der Waals surface area (Å²) in [7, 11) is 0. The van der Waals surface area contributed by atoms with Crippen molar-refractivity contribution in [2.75, 3.05) is 13.1 Å². The number of carbonyl (C=O) groups excluding carboxylic acids is 1. The smallest absolute Gasteiger partial charge is 0.315 e. The molecule has 2 amide bonds. The number of nitrogens with one attached hydrogen (secondary N) is 2. The summed E-state index contributed by atoms with van der Waals surface area (Å²) in [5, 5.41) is 9.37. The number of aryl methyl sites for hydroxylation is 1. The van der Waals surface area contributed by atoms with Gasteiger partial charge in [-0.25, -0.2) is 4.79 Å². The van der Waals surface area contributed by atoms with Crippen LogP contribution in [0.3, 0.4) is 0 Å². The van der Waals surface area contributed by atoms with Crippen molar-refractivity contribution in [1.82, 2.24) is 25.7 Å². The van der Waals surface area contributed by atoms with Gasteiger partial charge in [0.05, 0.1) is 6.54 Å². The van der Waals surface area contributed by atoms with Crippen LogP contribution in [-0.2, 0) is 19.5 Å². The molecule has 2 aromatic rings. The van der Waals surface area contributed by atoms with E-state index in [1.165, 1.54) is 11.1 Å². The topological polar surface area (TPSA) is 83.3 Å². The van der Waals surface area contributed by atoms with Gasteiger partial charge in [0.2, 0.25) is 5.89 Å². The zero-order chi connectivity index (χ0) is 17.9. The van der Waals surface area contributed by atoms with Crippen LogP contribution in [0.1, 0.15) is 36.7 Å². The van der Waals surface area contributed by atoms with Gasteiger partial charge in [-0.15, -0.1) is 0 Å². The molecule has 1 aliphatic heterocycles. The fraction of sp³-hybridized carbons (Fsp3) is 0.500. The van der Waals surface area contributed by atoms with Gasteiger partial charge in [-0.2, -0.15) is 4.98 Å². The lowest BCUT2D eigenvalue weighted by molar-refractivity contribution is 0.104. The Hall–Kier alpha value is -2.41. The van der Waals surface area contributed by atoms with Crippen LogP contribution >= 0.6 is 0 Å². The highest BCUT2D eigenvalue weighted by atomic mass is 16.5. The van der Waals surface area contributed by atoms with Gasteiger partial charge < -0.3 is 15.2 Å². The molecule has 1 aromatic heterocycles. The molecule has 134 valence electrons. The lowest BCUT2D eigenvalue weighted by atomic mass is 9.94. The molecular weight excluding hydrogens is 318 g/mol. The van der Waals surface area contributed by atoms with E-state index < -0.39 is 0 Å². The highest BCUT2D eigenvalue weighted by Crippen LogP contribution is 2.24. The van der Waals surface area contributed by atoms with Gasteiger partial charge in [0.25, 0.3) is 0 Å². The molecular formula is C18H25N5O2. The van der Waals surface area contributed by atoms with Gasteiger partial charge >= 0.3 is 6.03 Å². The Morgan fingerprint density at radius 2 is 2.04 bits per heavy atom. The van der Waals surface area contributed by atoms with Crippen molar-refractivity contribution >= 4 is 6.03 Å². The molecule has 3 rings (SSSR count). The molecule has 0 radical (unpaired) electrons. The number of urea groups is 1. The van der Waals surface area contributed by atoms with E-state index in [1.807, 2.05) is 0 Å². The van der Waals surface area contributed by atoms with E-state index in [9.17, 15) is 4.79 Å². The van der Waals surface area contributed by atoms with Crippen LogP contribution in [0.15, 0.2) is 28.8 Å². The maximum Gasteiger partial charge on any atom is 0.315 e. The van der Waals surface area contributed by atoms with Gasteiger partial charge in [-0.05, 0) is 38.3 Å². The van der Waals surface area contributed by atoms with Crippen LogP contribution in [0.5, 0.6) is 0 Å². The molecule has 2 N–H and O–H groups in total. The largest absolute Gasteiger partial charge is 0.337 e. The molecule has 25 heavy (non-hydrogen) atoms. The quantitative estimate of drug-likeness (QED) is 0.868. The number of amides is 2. The monoisotopic (exact) mass is 343 g/mol. The number of nitrogens with zero attached hydrogens (tertiary/aromatic N) is 3. The first-order valence-electron chi connectivity index (χ1n) is 8.57. The van der Waals surface area contributed by atoms with Crippen LogP contribution in [0.25, 0.3) is 0 Å². The molecule has 2 heterocycles. The van der Waals surface area contributed by atoms with Gasteiger partial charge in [-0.1, -0.05) is 29.4 Å². The predicted octanol–water partition coefficient (Wildman–Crippen LogP) is 2.01. The SMILES string of the molecule is Cc1noc(CNC(=O)NCC(C)(C)N2CCc3ccccc3C2)n1. The van der Waals surface area contributed by atoms with Crippen molar-refractivity contribution in [3.8, 4) is 0 Å². The minimum Gasteiger partial charge on any atom is -0.337 e. The molecule has 1 aliphatic rings. The first kappa shape index (κ1) is 17.4. The Balaban J connectivity index is 1.49. The Morgan fingerprint density at radius 3 is 2.76 bits per heavy atom. The zero-order valence-electron chi connectivity index (χ0n) is 15.0. The Labute approximate surface area is 147 Å². The molecule has 0 unspecified atom stereocenters. The first-order chi connectivity index (χ1) is 11.9. The van der Waals surface area contributed by atoms with Crippen LogP contribution in [0.2, 0.25) is 0 Å². The molecule has 0 bridgehead atoms. The fourth-order valence-corrected chi connectivity index (χ4v) is 3.05. The minimum absolute atomic E-state index is 0.133. The van der Waals surface area contributed by atoms with Gasteiger partial charge in [0, 0.05) is 25.2 Å². The van der Waals surface area contributed by atoms with Gasteiger partial charge in [0.15, 0.2) is 5.82 Å². The summed E-state index contributed by atoms with van der Waals surface area (Å²) in [6.45, 7) is 8.74. The van der Waals surface area contributed by atoms with Crippen LogP contribution in [0, 0.1) is 6.92 Å². The van der Waals surface area contributed by atoms with Crippen LogP contribution < -0.4 is 10.6 Å². The third-order valence-corrected chi connectivity index (χ3v) is 4.64. The molecule has 0 saturated carbocycles. The predicted molar refractivity (Wildman–Crippen MR) is 93.9 cm³/mol. The maximum absolute atomic E-state index is 12.0. The van der Waals surface area contributed by atoms with E-state index in [-0.39, 0.29) is 18.1 Å². The van der Waals surface area contributed by atoms with Crippen molar-refractivity contribution in [2.45, 2.75) is 45.8 Å². The molecule has 0 atom stereocenters. The normalized spacial score (nSPS) is 14.8. The second kappa shape index (κ2) is 7.23. The average molecular weight is 343 g/mol. The number of hydrogen-bond donors (Lipinski definition) is 2. The first-order valence-corrected chi connectivity index (χ1v) is 8.57. The highest BCUT2D eigenvalue weighted by Gasteiger charge is 2.30. The molecule has 0 aliphatic carbocycles. The molecule has 0 spiro atoms. The highest BCUT2D eigenvalue weighted by molar-refractivity contribution is 5.73. The van der Waals surface area contributed by atoms with Gasteiger partial charge in [0.1, 0.15) is 0 Å². The molecule has 1 aromatic carbocycles. The molecule has 0 saturated heterocycles. The van der Waals surface area contributed by atoms with Crippen molar-refractivity contribution in [2.24, 2.45) is 0 Å². The van der Waals surface area contributed by atoms with Crippen molar-refractivity contribution in [3.63, 3.8) is 0 Å². The summed E-state index contributed by atoms with van der Waals surface area (Å²) in [5.41, 5.74) is 2.67. The second-order valence-corrected chi connectivity index (χ2v) is 7.02. The molecule has 7 heteroatoms. The minimum atomic E-state index is -0.235. The van der Waals surface area contributed by atoms with Crippen molar-refractivity contribution in [3.05, 3.63) is 47.1 Å². The fourth-order valence-electron chi connectivity index (χ4n) is 3.05. The summed E-state index contributed by atoms with van der Waals surface area (Å²) in [6, 6.07) is 8.33. The Kier molecular flexibility index (Phi) is 5.03. The van der Waals surface area contributed by atoms with E-state index >= 15 is 0 Å². The maximum atomic E-state index is 12.0. The lowest BCUT2D eigenvalue weighted by Crippen LogP contribution is -2.54. The van der Waals surface area contributed by atoms with E-state index in [1.54, 1.807) is 6.92 Å².